The Labute approximate surface area is 56.0 Å². The van der Waals surface area contributed by atoms with Crippen molar-refractivity contribution in [1.82, 2.24) is 0 Å². The van der Waals surface area contributed by atoms with Gasteiger partial charge in [-0.25, -0.2) is 5.11 Å². The first-order valence-corrected chi connectivity index (χ1v) is 2.77. The fourth-order valence-electron chi connectivity index (χ4n) is 0.476. The summed E-state index contributed by atoms with van der Waals surface area (Å²) in [6, 6.07) is 0. The molecule has 0 heterocycles. The Hall–Kier alpha value is -0.820. The van der Waals surface area contributed by atoms with Crippen molar-refractivity contribution < 1.29 is 5.11 Å². The third-order valence-corrected chi connectivity index (χ3v) is 1.15. The minimum absolute atomic E-state index is 0.361. The minimum Gasteiger partial charge on any atom is -0.220 e. The van der Waals surface area contributed by atoms with Gasteiger partial charge in [-0.05, 0) is 0 Å². The van der Waals surface area contributed by atoms with E-state index < -0.39 is 5.60 Å². The van der Waals surface area contributed by atoms with Crippen molar-refractivity contribution in [2.75, 3.05) is 0 Å². The summed E-state index contributed by atoms with van der Waals surface area (Å²) < 4.78 is 0. The van der Waals surface area contributed by atoms with Crippen LogP contribution in [0.15, 0.2) is 38.0 Å². The Kier molecular flexibility index (Phi) is 2.96. The average Bonchev–Trinajstić information content (AvgIpc) is 1.89. The van der Waals surface area contributed by atoms with Crippen LogP contribution in [0.5, 0.6) is 0 Å². The van der Waals surface area contributed by atoms with Gasteiger partial charge in [-0.15, -0.1) is 6.58 Å². The molecular weight excluding hydrogens is 112 g/mol. The lowest BCUT2D eigenvalue weighted by molar-refractivity contribution is 0.0617. The van der Waals surface area contributed by atoms with E-state index in [1.807, 2.05) is 0 Å². The zero-order valence-corrected chi connectivity index (χ0v) is 5.47. The van der Waals surface area contributed by atoms with Gasteiger partial charge in [-0.2, -0.15) is 0 Å². The highest BCUT2D eigenvalue weighted by atomic mass is 16.3. The maximum Gasteiger partial charge on any atom is 0.143 e. The quantitative estimate of drug-likeness (QED) is 0.510. The van der Waals surface area contributed by atoms with Crippen molar-refractivity contribution in [3.05, 3.63) is 38.0 Å². The topological polar surface area (TPSA) is 19.9 Å². The van der Waals surface area contributed by atoms with Gasteiger partial charge in [0.1, 0.15) is 5.60 Å². The van der Waals surface area contributed by atoms with Crippen molar-refractivity contribution in [2.45, 2.75) is 12.0 Å². The molecule has 0 rings (SSSR count). The summed E-state index contributed by atoms with van der Waals surface area (Å²) >= 11 is 0. The van der Waals surface area contributed by atoms with Crippen LogP contribution in [0.4, 0.5) is 0 Å². The van der Waals surface area contributed by atoms with Crippen molar-refractivity contribution in [3.63, 3.8) is 0 Å². The Morgan fingerprint density at radius 1 is 1.22 bits per heavy atom. The Balaban J connectivity index is 4.06. The van der Waals surface area contributed by atoms with Gasteiger partial charge in [0.2, 0.25) is 0 Å². The van der Waals surface area contributed by atoms with E-state index in [4.69, 9.17) is 0 Å². The van der Waals surface area contributed by atoms with Crippen LogP contribution in [0, 0.1) is 0 Å². The molecule has 0 unspecified atom stereocenters. The van der Waals surface area contributed by atoms with Crippen molar-refractivity contribution in [3.8, 4) is 0 Å². The van der Waals surface area contributed by atoms with E-state index in [0.717, 1.165) is 0 Å². The van der Waals surface area contributed by atoms with Crippen LogP contribution in [0.1, 0.15) is 6.42 Å². The third-order valence-electron chi connectivity index (χ3n) is 1.15. The van der Waals surface area contributed by atoms with Gasteiger partial charge in [0, 0.05) is 6.42 Å². The Morgan fingerprint density at radius 2 is 1.67 bits per heavy atom. The maximum absolute atomic E-state index is 11.1. The highest BCUT2D eigenvalue weighted by Gasteiger charge is 2.17. The van der Waals surface area contributed by atoms with E-state index in [-0.39, 0.29) is 0 Å². The predicted molar refractivity (Wildman–Crippen MR) is 38.6 cm³/mol. The standard InChI is InChI=1S/C8H11O/c1-4-7-8(9,5-2)6-3/h4-6H,1-3,7H2. The van der Waals surface area contributed by atoms with E-state index in [9.17, 15) is 5.11 Å². The molecule has 0 N–H and O–H groups in total. The molecule has 0 aromatic carbocycles. The van der Waals surface area contributed by atoms with Crippen LogP contribution in [0.25, 0.3) is 0 Å². The van der Waals surface area contributed by atoms with Gasteiger partial charge in [0.15, 0.2) is 0 Å². The molecular formula is C8H11O. The number of rotatable bonds is 4. The summed E-state index contributed by atoms with van der Waals surface area (Å²) in [5.74, 6) is 0. The molecule has 0 aliphatic heterocycles. The summed E-state index contributed by atoms with van der Waals surface area (Å²) in [4.78, 5) is 0. The Bertz CT molecular complexity index is 117. The van der Waals surface area contributed by atoms with Crippen LogP contribution in [0.2, 0.25) is 0 Å². The highest BCUT2D eigenvalue weighted by Crippen LogP contribution is 2.13. The molecule has 0 saturated heterocycles. The second kappa shape index (κ2) is 3.25. The van der Waals surface area contributed by atoms with Crippen LogP contribution in [-0.2, 0) is 5.11 Å². The van der Waals surface area contributed by atoms with Crippen molar-refractivity contribution in [1.29, 1.82) is 0 Å². The number of hydrogen-bond donors (Lipinski definition) is 0. The lowest BCUT2D eigenvalue weighted by atomic mass is 10.0. The molecule has 49 valence electrons. The molecule has 0 aromatic heterocycles. The molecule has 0 aliphatic carbocycles. The fourth-order valence-corrected chi connectivity index (χ4v) is 0.476. The minimum atomic E-state index is -1.21. The summed E-state index contributed by atoms with van der Waals surface area (Å²) in [6.07, 6.45) is 4.60. The normalized spacial score (nSPS) is 10.3. The molecule has 1 nitrogen and oxygen atoms in total. The van der Waals surface area contributed by atoms with E-state index in [0.29, 0.717) is 6.42 Å². The summed E-state index contributed by atoms with van der Waals surface area (Å²) in [5.41, 5.74) is -1.21. The zero-order valence-electron chi connectivity index (χ0n) is 5.47. The van der Waals surface area contributed by atoms with E-state index in [1.54, 1.807) is 6.08 Å². The molecule has 9 heavy (non-hydrogen) atoms. The SMILES string of the molecule is C=CCC([O])(C=C)C=C. The fraction of sp³-hybridized carbons (Fsp3) is 0.250. The smallest absolute Gasteiger partial charge is 0.143 e. The lowest BCUT2D eigenvalue weighted by Gasteiger charge is -2.12. The van der Waals surface area contributed by atoms with E-state index in [1.165, 1.54) is 12.2 Å². The molecule has 0 amide bonds. The third kappa shape index (κ3) is 2.29. The van der Waals surface area contributed by atoms with Gasteiger partial charge < -0.3 is 0 Å². The second-order valence-electron chi connectivity index (χ2n) is 1.86. The van der Waals surface area contributed by atoms with Gasteiger partial charge in [0.05, 0.1) is 0 Å². The largest absolute Gasteiger partial charge is 0.220 e. The Morgan fingerprint density at radius 3 is 1.78 bits per heavy atom. The highest BCUT2D eigenvalue weighted by molar-refractivity contribution is 5.10. The molecule has 0 aliphatic rings. The second-order valence-corrected chi connectivity index (χ2v) is 1.86. The zero-order chi connectivity index (χ0) is 7.33. The van der Waals surface area contributed by atoms with Gasteiger partial charge in [0.25, 0.3) is 0 Å². The molecule has 0 atom stereocenters. The monoisotopic (exact) mass is 123 g/mol. The van der Waals surface area contributed by atoms with Crippen molar-refractivity contribution >= 4 is 0 Å². The molecule has 0 aromatic rings. The molecule has 0 fully saturated rings. The molecule has 0 bridgehead atoms. The van der Waals surface area contributed by atoms with Gasteiger partial charge in [-0.1, -0.05) is 31.4 Å². The molecule has 0 saturated carbocycles. The van der Waals surface area contributed by atoms with Crippen LogP contribution >= 0.6 is 0 Å². The van der Waals surface area contributed by atoms with E-state index in [2.05, 4.69) is 19.7 Å². The van der Waals surface area contributed by atoms with E-state index >= 15 is 0 Å². The summed E-state index contributed by atoms with van der Waals surface area (Å²) in [7, 11) is 0. The van der Waals surface area contributed by atoms with Crippen molar-refractivity contribution in [2.24, 2.45) is 0 Å². The van der Waals surface area contributed by atoms with Crippen LogP contribution in [-0.4, -0.2) is 5.60 Å². The number of hydrogen-bond acceptors (Lipinski definition) is 0. The van der Waals surface area contributed by atoms with Crippen LogP contribution < -0.4 is 0 Å². The first kappa shape index (κ1) is 8.18. The predicted octanol–water partition coefficient (Wildman–Crippen LogP) is 2.10. The molecule has 1 radical (unpaired) electrons. The summed E-state index contributed by atoms with van der Waals surface area (Å²) in [5, 5.41) is 11.1. The summed E-state index contributed by atoms with van der Waals surface area (Å²) in [6.45, 7) is 10.2. The van der Waals surface area contributed by atoms with Gasteiger partial charge >= 0.3 is 0 Å². The van der Waals surface area contributed by atoms with Crippen LogP contribution in [0.3, 0.4) is 0 Å². The van der Waals surface area contributed by atoms with Gasteiger partial charge in [-0.3, -0.25) is 0 Å². The lowest BCUT2D eigenvalue weighted by Crippen LogP contribution is -2.18. The first-order valence-electron chi connectivity index (χ1n) is 2.77. The first-order chi connectivity index (χ1) is 4.18. The molecule has 1 heteroatoms. The maximum atomic E-state index is 11.1. The average molecular weight is 123 g/mol. The molecule has 0 spiro atoms.